The highest BCUT2D eigenvalue weighted by atomic mass is 16.7. The molecule has 2 saturated heterocycles. The lowest BCUT2D eigenvalue weighted by atomic mass is 9.90. The largest absolute Gasteiger partial charge is 0.347 e. The number of ether oxygens (including phenoxy) is 2. The molecule has 0 saturated carbocycles. The van der Waals surface area contributed by atoms with E-state index in [9.17, 15) is 4.79 Å². The van der Waals surface area contributed by atoms with Gasteiger partial charge < -0.3 is 19.7 Å². The Balaban J connectivity index is 1.45. The Hall–Kier alpha value is -1.59. The van der Waals surface area contributed by atoms with Crippen LogP contribution in [-0.4, -0.2) is 49.6 Å². The van der Waals surface area contributed by atoms with Crippen molar-refractivity contribution in [3.05, 3.63) is 35.9 Å². The Morgan fingerprint density at radius 3 is 2.76 bits per heavy atom. The van der Waals surface area contributed by atoms with Crippen LogP contribution < -0.4 is 5.32 Å². The Morgan fingerprint density at radius 2 is 2.04 bits per heavy atom. The fraction of sp³-hybridized carbons (Fsp3) is 0.650. The standard InChI is InChI=1S/C20H30N2O3/c1-16(17-7-4-3-5-8-17)10-11-21-19(23)22-12-6-9-18(15-22)20(2)24-13-14-25-20/h3-5,7-8,16,18H,6,9-15H2,1-2H3,(H,21,23)/t16-,18-/m0/s1. The van der Waals surface area contributed by atoms with Gasteiger partial charge in [-0.3, -0.25) is 0 Å². The summed E-state index contributed by atoms with van der Waals surface area (Å²) in [6.45, 7) is 7.72. The summed E-state index contributed by atoms with van der Waals surface area (Å²) < 4.78 is 11.6. The van der Waals surface area contributed by atoms with Gasteiger partial charge in [0.2, 0.25) is 0 Å². The highest BCUT2D eigenvalue weighted by molar-refractivity contribution is 5.74. The van der Waals surface area contributed by atoms with E-state index in [1.165, 1.54) is 5.56 Å². The molecule has 0 radical (unpaired) electrons. The van der Waals surface area contributed by atoms with Crippen LogP contribution in [0.5, 0.6) is 0 Å². The minimum atomic E-state index is -0.527. The van der Waals surface area contributed by atoms with Gasteiger partial charge in [-0.15, -0.1) is 0 Å². The normalized spacial score (nSPS) is 24.1. The van der Waals surface area contributed by atoms with Crippen molar-refractivity contribution in [1.29, 1.82) is 0 Å². The van der Waals surface area contributed by atoms with Gasteiger partial charge in [0, 0.05) is 25.6 Å². The maximum absolute atomic E-state index is 12.5. The Bertz CT molecular complexity index is 557. The SMILES string of the molecule is C[C@@H](CCNC(=O)N1CCC[C@H](C2(C)OCCO2)C1)c1ccccc1. The van der Waals surface area contributed by atoms with Gasteiger partial charge in [0.25, 0.3) is 0 Å². The van der Waals surface area contributed by atoms with Gasteiger partial charge in [0.15, 0.2) is 5.79 Å². The first-order chi connectivity index (χ1) is 12.1. The highest BCUT2D eigenvalue weighted by Crippen LogP contribution is 2.34. The molecule has 5 nitrogen and oxygen atoms in total. The number of rotatable bonds is 5. The molecule has 2 heterocycles. The molecule has 0 bridgehead atoms. The Labute approximate surface area is 150 Å². The molecule has 2 atom stereocenters. The zero-order chi connectivity index (χ0) is 17.7. The summed E-state index contributed by atoms with van der Waals surface area (Å²) in [5, 5.41) is 3.08. The molecule has 25 heavy (non-hydrogen) atoms. The lowest BCUT2D eigenvalue weighted by molar-refractivity contribution is -0.189. The average molecular weight is 346 g/mol. The monoisotopic (exact) mass is 346 g/mol. The number of piperidine rings is 1. The number of hydrogen-bond acceptors (Lipinski definition) is 3. The summed E-state index contributed by atoms with van der Waals surface area (Å²) in [7, 11) is 0. The maximum Gasteiger partial charge on any atom is 0.317 e. The first-order valence-corrected chi connectivity index (χ1v) is 9.44. The molecule has 5 heteroatoms. The van der Waals surface area contributed by atoms with Crippen molar-refractivity contribution in [2.24, 2.45) is 5.92 Å². The lowest BCUT2D eigenvalue weighted by Gasteiger charge is -2.39. The van der Waals surface area contributed by atoms with Crippen LogP contribution in [0.1, 0.15) is 44.6 Å². The van der Waals surface area contributed by atoms with E-state index in [2.05, 4.69) is 36.5 Å². The van der Waals surface area contributed by atoms with Crippen molar-refractivity contribution in [1.82, 2.24) is 10.2 Å². The topological polar surface area (TPSA) is 50.8 Å². The van der Waals surface area contributed by atoms with E-state index in [0.29, 0.717) is 32.2 Å². The van der Waals surface area contributed by atoms with E-state index in [4.69, 9.17) is 9.47 Å². The molecule has 1 aromatic rings. The minimum Gasteiger partial charge on any atom is -0.347 e. The number of carbonyl (C=O) groups is 1. The Kier molecular flexibility index (Phi) is 5.97. The fourth-order valence-corrected chi connectivity index (χ4v) is 3.81. The molecule has 1 N–H and O–H groups in total. The number of benzene rings is 1. The summed E-state index contributed by atoms with van der Waals surface area (Å²) >= 11 is 0. The third-order valence-corrected chi connectivity index (χ3v) is 5.53. The van der Waals surface area contributed by atoms with E-state index in [1.807, 2.05) is 17.9 Å². The van der Waals surface area contributed by atoms with Crippen molar-refractivity contribution in [2.75, 3.05) is 32.8 Å². The van der Waals surface area contributed by atoms with Gasteiger partial charge in [-0.05, 0) is 37.7 Å². The lowest BCUT2D eigenvalue weighted by Crippen LogP contribution is -2.51. The van der Waals surface area contributed by atoms with Gasteiger partial charge in [0.05, 0.1) is 13.2 Å². The van der Waals surface area contributed by atoms with Gasteiger partial charge >= 0.3 is 6.03 Å². The molecule has 0 aliphatic carbocycles. The molecule has 0 aromatic heterocycles. The predicted molar refractivity (Wildman–Crippen MR) is 97.5 cm³/mol. The molecule has 0 spiro atoms. The second kappa shape index (κ2) is 8.19. The number of amides is 2. The molecule has 1 aromatic carbocycles. The van der Waals surface area contributed by atoms with Crippen molar-refractivity contribution < 1.29 is 14.3 Å². The van der Waals surface area contributed by atoms with E-state index in [0.717, 1.165) is 25.8 Å². The quantitative estimate of drug-likeness (QED) is 0.889. The van der Waals surface area contributed by atoms with Crippen LogP contribution in [0.25, 0.3) is 0 Å². The molecule has 3 rings (SSSR count). The van der Waals surface area contributed by atoms with Gasteiger partial charge in [-0.25, -0.2) is 4.79 Å². The van der Waals surface area contributed by atoms with Crippen LogP contribution >= 0.6 is 0 Å². The zero-order valence-corrected chi connectivity index (χ0v) is 15.4. The highest BCUT2D eigenvalue weighted by Gasteiger charge is 2.42. The summed E-state index contributed by atoms with van der Waals surface area (Å²) in [5.74, 6) is 0.161. The van der Waals surface area contributed by atoms with Crippen LogP contribution in [0, 0.1) is 5.92 Å². The summed E-state index contributed by atoms with van der Waals surface area (Å²) in [6.07, 6.45) is 2.99. The van der Waals surface area contributed by atoms with Crippen molar-refractivity contribution in [3.8, 4) is 0 Å². The number of nitrogens with one attached hydrogen (secondary N) is 1. The molecule has 2 fully saturated rings. The second-order valence-electron chi connectivity index (χ2n) is 7.33. The third kappa shape index (κ3) is 4.53. The molecular weight excluding hydrogens is 316 g/mol. The molecule has 0 unspecified atom stereocenters. The van der Waals surface area contributed by atoms with E-state index in [-0.39, 0.29) is 11.9 Å². The molecule has 2 aliphatic heterocycles. The van der Waals surface area contributed by atoms with Crippen LogP contribution in [0.15, 0.2) is 30.3 Å². The fourth-order valence-electron chi connectivity index (χ4n) is 3.81. The van der Waals surface area contributed by atoms with E-state index < -0.39 is 5.79 Å². The summed E-state index contributed by atoms with van der Waals surface area (Å²) in [4.78, 5) is 14.4. The first kappa shape index (κ1) is 18.2. The number of nitrogens with zero attached hydrogens (tertiary/aromatic N) is 1. The molecule has 2 amide bonds. The van der Waals surface area contributed by atoms with Crippen molar-refractivity contribution in [3.63, 3.8) is 0 Å². The number of likely N-dealkylation sites (tertiary alicyclic amines) is 1. The van der Waals surface area contributed by atoms with Crippen LogP contribution in [0.2, 0.25) is 0 Å². The molecule has 138 valence electrons. The first-order valence-electron chi connectivity index (χ1n) is 9.44. The Morgan fingerprint density at radius 1 is 1.32 bits per heavy atom. The van der Waals surface area contributed by atoms with Gasteiger partial charge in [0.1, 0.15) is 0 Å². The third-order valence-electron chi connectivity index (χ3n) is 5.53. The molecular formula is C20H30N2O3. The molecule has 2 aliphatic rings. The predicted octanol–water partition coefficient (Wildman–Crippen LogP) is 3.36. The second-order valence-corrected chi connectivity index (χ2v) is 7.33. The van der Waals surface area contributed by atoms with Crippen molar-refractivity contribution in [2.45, 2.75) is 44.8 Å². The van der Waals surface area contributed by atoms with Gasteiger partial charge in [-0.1, -0.05) is 37.3 Å². The van der Waals surface area contributed by atoms with E-state index >= 15 is 0 Å². The van der Waals surface area contributed by atoms with E-state index in [1.54, 1.807) is 0 Å². The zero-order valence-electron chi connectivity index (χ0n) is 15.4. The number of carbonyl (C=O) groups excluding carboxylic acids is 1. The van der Waals surface area contributed by atoms with Crippen LogP contribution in [0.4, 0.5) is 4.79 Å². The number of hydrogen-bond donors (Lipinski definition) is 1. The maximum atomic E-state index is 12.5. The minimum absolute atomic E-state index is 0.0339. The van der Waals surface area contributed by atoms with Crippen LogP contribution in [-0.2, 0) is 9.47 Å². The summed E-state index contributed by atoms with van der Waals surface area (Å²) in [5.41, 5.74) is 1.32. The average Bonchev–Trinajstić information content (AvgIpc) is 3.10. The van der Waals surface area contributed by atoms with Crippen LogP contribution in [0.3, 0.4) is 0 Å². The number of urea groups is 1. The summed E-state index contributed by atoms with van der Waals surface area (Å²) in [6, 6.07) is 10.5. The van der Waals surface area contributed by atoms with Gasteiger partial charge in [-0.2, -0.15) is 0 Å². The van der Waals surface area contributed by atoms with Crippen molar-refractivity contribution >= 4 is 6.03 Å². The smallest absolute Gasteiger partial charge is 0.317 e.